The van der Waals surface area contributed by atoms with Gasteiger partial charge in [0, 0.05) is 24.6 Å². The van der Waals surface area contributed by atoms with Crippen LogP contribution in [0, 0.1) is 0 Å². The van der Waals surface area contributed by atoms with Crippen LogP contribution in [-0.4, -0.2) is 21.8 Å². The first kappa shape index (κ1) is 21.3. The number of hydrogen-bond donors (Lipinski definition) is 3. The highest BCUT2D eigenvalue weighted by atomic mass is 16.2. The Morgan fingerprint density at radius 1 is 0.969 bits per heavy atom. The zero-order valence-electron chi connectivity index (χ0n) is 18.2. The zero-order valence-corrected chi connectivity index (χ0v) is 18.2. The highest BCUT2D eigenvalue weighted by Crippen LogP contribution is 2.18. The molecule has 3 N–H and O–H groups in total. The minimum Gasteiger partial charge on any atom is -0.346 e. The summed E-state index contributed by atoms with van der Waals surface area (Å²) in [6.07, 6.45) is 1.57. The van der Waals surface area contributed by atoms with Crippen molar-refractivity contribution in [3.63, 3.8) is 0 Å². The van der Waals surface area contributed by atoms with Crippen molar-refractivity contribution in [3.05, 3.63) is 95.3 Å². The zero-order chi connectivity index (χ0) is 22.5. The van der Waals surface area contributed by atoms with Gasteiger partial charge in [-0.3, -0.25) is 9.59 Å². The fourth-order valence-corrected chi connectivity index (χ4v) is 3.65. The number of carbonyl (C=O) groups is 2. The van der Waals surface area contributed by atoms with Gasteiger partial charge in [0.2, 0.25) is 5.91 Å². The van der Waals surface area contributed by atoms with Crippen LogP contribution in [0.25, 0.3) is 11.0 Å². The van der Waals surface area contributed by atoms with Crippen LogP contribution >= 0.6 is 0 Å². The number of anilines is 1. The second-order valence-corrected chi connectivity index (χ2v) is 7.90. The van der Waals surface area contributed by atoms with E-state index in [1.54, 1.807) is 6.07 Å². The van der Waals surface area contributed by atoms with Crippen LogP contribution in [0.3, 0.4) is 0 Å². The molecular weight excluding hydrogens is 400 g/mol. The van der Waals surface area contributed by atoms with Crippen molar-refractivity contribution < 1.29 is 9.59 Å². The van der Waals surface area contributed by atoms with E-state index in [0.717, 1.165) is 46.5 Å². The Labute approximate surface area is 187 Å². The van der Waals surface area contributed by atoms with Gasteiger partial charge in [0.15, 0.2) is 0 Å². The molecule has 1 unspecified atom stereocenters. The lowest BCUT2D eigenvalue weighted by atomic mass is 10.1. The van der Waals surface area contributed by atoms with Gasteiger partial charge < -0.3 is 15.6 Å². The summed E-state index contributed by atoms with van der Waals surface area (Å²) in [6, 6.07) is 23.2. The van der Waals surface area contributed by atoms with E-state index in [2.05, 4.69) is 20.6 Å². The second kappa shape index (κ2) is 9.47. The number of imidazole rings is 1. The average Bonchev–Trinajstić information content (AvgIpc) is 3.21. The minimum atomic E-state index is -0.112. The molecule has 0 fully saturated rings. The third-order valence-electron chi connectivity index (χ3n) is 5.37. The van der Waals surface area contributed by atoms with Gasteiger partial charge in [-0.25, -0.2) is 4.98 Å². The maximum Gasteiger partial charge on any atom is 0.251 e. The summed E-state index contributed by atoms with van der Waals surface area (Å²) in [4.78, 5) is 31.8. The van der Waals surface area contributed by atoms with E-state index in [1.807, 2.05) is 73.7 Å². The van der Waals surface area contributed by atoms with Crippen molar-refractivity contribution in [2.24, 2.45) is 0 Å². The maximum absolute atomic E-state index is 12.7. The Bertz CT molecular complexity index is 1230. The van der Waals surface area contributed by atoms with Crippen LogP contribution in [0.15, 0.2) is 72.8 Å². The average molecular weight is 427 g/mol. The molecule has 0 bridgehead atoms. The van der Waals surface area contributed by atoms with Gasteiger partial charge in [0.05, 0.1) is 17.1 Å². The van der Waals surface area contributed by atoms with Crippen LogP contribution in [0.1, 0.15) is 47.2 Å². The van der Waals surface area contributed by atoms with Crippen LogP contribution in [0.4, 0.5) is 5.69 Å². The first-order valence-corrected chi connectivity index (χ1v) is 10.7. The fourth-order valence-electron chi connectivity index (χ4n) is 3.65. The lowest BCUT2D eigenvalue weighted by Crippen LogP contribution is -2.26. The van der Waals surface area contributed by atoms with Gasteiger partial charge in [0.25, 0.3) is 5.91 Å². The number of rotatable bonds is 7. The first-order valence-electron chi connectivity index (χ1n) is 10.7. The molecule has 1 atom stereocenters. The van der Waals surface area contributed by atoms with E-state index >= 15 is 0 Å². The molecule has 6 nitrogen and oxygen atoms in total. The topological polar surface area (TPSA) is 86.9 Å². The molecule has 4 rings (SSSR count). The summed E-state index contributed by atoms with van der Waals surface area (Å²) in [6.45, 7) is 3.47. The molecule has 0 saturated carbocycles. The number of aryl methyl sites for hydroxylation is 2. The van der Waals surface area contributed by atoms with Crippen LogP contribution < -0.4 is 10.6 Å². The predicted octanol–water partition coefficient (Wildman–Crippen LogP) is 4.80. The number of benzene rings is 3. The molecule has 32 heavy (non-hydrogen) atoms. The van der Waals surface area contributed by atoms with E-state index in [-0.39, 0.29) is 17.9 Å². The fraction of sp³-hybridized carbons (Fsp3) is 0.192. The van der Waals surface area contributed by atoms with Gasteiger partial charge in [-0.05, 0) is 54.8 Å². The summed E-state index contributed by atoms with van der Waals surface area (Å²) in [7, 11) is 0. The number of aromatic amines is 1. The number of carbonyl (C=O) groups excluding carboxylic acids is 2. The second-order valence-electron chi connectivity index (χ2n) is 7.90. The number of hydrogen-bond acceptors (Lipinski definition) is 3. The van der Waals surface area contributed by atoms with E-state index in [0.29, 0.717) is 5.56 Å². The lowest BCUT2D eigenvalue weighted by Gasteiger charge is -2.14. The molecule has 0 aliphatic heterocycles. The van der Waals surface area contributed by atoms with Crippen molar-refractivity contribution in [1.82, 2.24) is 15.3 Å². The van der Waals surface area contributed by atoms with Crippen LogP contribution in [0.5, 0.6) is 0 Å². The molecule has 162 valence electrons. The molecule has 6 heteroatoms. The van der Waals surface area contributed by atoms with Crippen molar-refractivity contribution in [2.45, 2.75) is 32.7 Å². The summed E-state index contributed by atoms with van der Waals surface area (Å²) < 4.78 is 0. The predicted molar refractivity (Wildman–Crippen MR) is 127 cm³/mol. The molecular formula is C26H26N4O2. The minimum absolute atomic E-state index is 0.0752. The third kappa shape index (κ3) is 5.21. The number of H-pyrrole nitrogens is 1. The maximum atomic E-state index is 12.7. The quantitative estimate of drug-likeness (QED) is 0.397. The van der Waals surface area contributed by atoms with E-state index in [1.165, 1.54) is 6.92 Å². The number of fused-ring (bicyclic) bond motifs is 1. The van der Waals surface area contributed by atoms with Gasteiger partial charge in [-0.15, -0.1) is 0 Å². The highest BCUT2D eigenvalue weighted by molar-refractivity contribution is 5.97. The molecule has 4 aromatic rings. The van der Waals surface area contributed by atoms with Gasteiger partial charge in [-0.2, -0.15) is 0 Å². The number of nitrogens with one attached hydrogen (secondary N) is 3. The largest absolute Gasteiger partial charge is 0.346 e. The Morgan fingerprint density at radius 3 is 2.44 bits per heavy atom. The summed E-state index contributed by atoms with van der Waals surface area (Å²) in [5, 5.41) is 5.82. The van der Waals surface area contributed by atoms with Gasteiger partial charge in [0.1, 0.15) is 5.82 Å². The van der Waals surface area contributed by atoms with Crippen molar-refractivity contribution in [3.8, 4) is 0 Å². The molecule has 1 aromatic heterocycles. The van der Waals surface area contributed by atoms with Crippen molar-refractivity contribution in [2.75, 3.05) is 5.32 Å². The third-order valence-corrected chi connectivity index (χ3v) is 5.37. The Balaban J connectivity index is 1.40. The lowest BCUT2D eigenvalue weighted by molar-refractivity contribution is -0.114. The molecule has 0 aliphatic rings. The first-order chi connectivity index (χ1) is 15.5. The number of nitrogens with zero attached hydrogens (tertiary/aromatic N) is 1. The summed E-state index contributed by atoms with van der Waals surface area (Å²) in [5.74, 6) is 0.683. The Hall–Kier alpha value is -3.93. The van der Waals surface area contributed by atoms with E-state index in [4.69, 9.17) is 0 Å². The molecule has 0 spiro atoms. The van der Waals surface area contributed by atoms with Crippen LogP contribution in [-0.2, 0) is 17.6 Å². The molecule has 2 amide bonds. The highest BCUT2D eigenvalue weighted by Gasteiger charge is 2.13. The molecule has 1 heterocycles. The van der Waals surface area contributed by atoms with E-state index in [9.17, 15) is 9.59 Å². The monoisotopic (exact) mass is 426 g/mol. The Kier molecular flexibility index (Phi) is 6.31. The number of aromatic nitrogens is 2. The normalized spacial score (nSPS) is 11.8. The molecule has 0 radical (unpaired) electrons. The smallest absolute Gasteiger partial charge is 0.251 e. The van der Waals surface area contributed by atoms with Gasteiger partial charge >= 0.3 is 0 Å². The number of amides is 2. The Morgan fingerprint density at radius 2 is 1.72 bits per heavy atom. The summed E-state index contributed by atoms with van der Waals surface area (Å²) >= 11 is 0. The SMILES string of the molecule is CC(=O)Nc1ccc(CCc2nc3ccc(C(=O)NC(C)c4ccccc4)cc3[nH]2)cc1. The summed E-state index contributed by atoms with van der Waals surface area (Å²) in [5.41, 5.74) is 5.31. The standard InChI is InChI=1S/C26H26N4O2/c1-17(20-6-4-3-5-7-20)27-26(32)21-11-14-23-24(16-21)30-25(29-23)15-10-19-8-12-22(13-9-19)28-18(2)31/h3-9,11-14,16-17H,10,15H2,1-2H3,(H,27,32)(H,28,31)(H,29,30). The molecule has 0 aliphatic carbocycles. The van der Waals surface area contributed by atoms with Crippen molar-refractivity contribution in [1.29, 1.82) is 0 Å². The van der Waals surface area contributed by atoms with Crippen molar-refractivity contribution >= 4 is 28.5 Å². The molecule has 0 saturated heterocycles. The van der Waals surface area contributed by atoms with E-state index < -0.39 is 0 Å². The molecule has 3 aromatic carbocycles. The van der Waals surface area contributed by atoms with Crippen LogP contribution in [0.2, 0.25) is 0 Å². The van der Waals surface area contributed by atoms with Gasteiger partial charge in [-0.1, -0.05) is 42.5 Å².